The highest BCUT2D eigenvalue weighted by Crippen LogP contribution is 2.27. The first kappa shape index (κ1) is 9.86. The number of nitrogens with two attached hydrogens (primary N) is 1. The molecular formula is C15H18N+. The van der Waals surface area contributed by atoms with Gasteiger partial charge in [0, 0.05) is 12.0 Å². The van der Waals surface area contributed by atoms with Crippen LogP contribution in [0.5, 0.6) is 0 Å². The van der Waals surface area contributed by atoms with Crippen LogP contribution < -0.4 is 5.32 Å². The molecule has 2 N–H and O–H groups in total. The lowest BCUT2D eigenvalue weighted by Crippen LogP contribution is -2.95. The molecule has 0 unspecified atom stereocenters. The summed E-state index contributed by atoms with van der Waals surface area (Å²) >= 11 is 0. The summed E-state index contributed by atoms with van der Waals surface area (Å²) in [5, 5.41) is 5.27. The second-order valence-electron chi connectivity index (χ2n) is 5.50. The number of hydrogen-bond donors (Lipinski definition) is 1. The molecule has 0 saturated heterocycles. The summed E-state index contributed by atoms with van der Waals surface area (Å²) in [7, 11) is 0. The summed E-state index contributed by atoms with van der Waals surface area (Å²) in [4.78, 5) is 0. The van der Waals surface area contributed by atoms with Crippen molar-refractivity contribution in [1.82, 2.24) is 0 Å². The third-order valence-corrected chi connectivity index (χ3v) is 3.64. The molecule has 1 aliphatic heterocycles. The van der Waals surface area contributed by atoms with Crippen molar-refractivity contribution in [3.05, 3.63) is 47.5 Å². The van der Waals surface area contributed by atoms with E-state index in [0.717, 1.165) is 6.54 Å². The van der Waals surface area contributed by atoms with E-state index in [1.54, 1.807) is 5.56 Å². The Morgan fingerprint density at radius 3 is 2.75 bits per heavy atom. The first-order chi connectivity index (χ1) is 7.66. The molecule has 0 radical (unpaired) electrons. The number of fused-ring (bicyclic) bond motifs is 3. The van der Waals surface area contributed by atoms with Crippen LogP contribution >= 0.6 is 0 Å². The van der Waals surface area contributed by atoms with Crippen LogP contribution in [-0.4, -0.2) is 5.54 Å². The molecule has 0 amide bonds. The summed E-state index contributed by atoms with van der Waals surface area (Å²) in [6, 6.07) is 13.3. The van der Waals surface area contributed by atoms with Crippen LogP contribution in [0.4, 0.5) is 0 Å². The van der Waals surface area contributed by atoms with Gasteiger partial charge in [0.1, 0.15) is 6.54 Å². The molecule has 16 heavy (non-hydrogen) atoms. The van der Waals surface area contributed by atoms with Crippen LogP contribution in [-0.2, 0) is 13.0 Å². The van der Waals surface area contributed by atoms with Gasteiger partial charge in [-0.15, -0.1) is 0 Å². The zero-order valence-corrected chi connectivity index (χ0v) is 9.96. The summed E-state index contributed by atoms with van der Waals surface area (Å²) < 4.78 is 0. The highest BCUT2D eigenvalue weighted by molar-refractivity contribution is 5.87. The van der Waals surface area contributed by atoms with Gasteiger partial charge in [-0.1, -0.05) is 36.4 Å². The predicted octanol–water partition coefficient (Wildman–Crippen LogP) is 2.24. The fourth-order valence-corrected chi connectivity index (χ4v) is 2.70. The number of rotatable bonds is 0. The third-order valence-electron chi connectivity index (χ3n) is 3.64. The zero-order valence-electron chi connectivity index (χ0n) is 9.96. The lowest BCUT2D eigenvalue weighted by Gasteiger charge is -2.30. The van der Waals surface area contributed by atoms with Crippen molar-refractivity contribution in [2.24, 2.45) is 0 Å². The van der Waals surface area contributed by atoms with Crippen molar-refractivity contribution in [3.8, 4) is 0 Å². The predicted molar refractivity (Wildman–Crippen MR) is 67.4 cm³/mol. The molecular weight excluding hydrogens is 194 g/mol. The average Bonchev–Trinajstić information content (AvgIpc) is 2.28. The van der Waals surface area contributed by atoms with Gasteiger partial charge in [0.2, 0.25) is 0 Å². The minimum atomic E-state index is 0.344. The Kier molecular flexibility index (Phi) is 2.05. The van der Waals surface area contributed by atoms with Crippen molar-refractivity contribution < 1.29 is 5.32 Å². The molecule has 0 bridgehead atoms. The van der Waals surface area contributed by atoms with Crippen LogP contribution in [0.1, 0.15) is 25.0 Å². The Hall–Kier alpha value is -1.34. The first-order valence-corrected chi connectivity index (χ1v) is 6.00. The van der Waals surface area contributed by atoms with E-state index < -0.39 is 0 Å². The highest BCUT2D eigenvalue weighted by Gasteiger charge is 2.29. The number of hydrogen-bond acceptors (Lipinski definition) is 0. The molecule has 2 aromatic rings. The van der Waals surface area contributed by atoms with Crippen molar-refractivity contribution in [1.29, 1.82) is 0 Å². The molecule has 1 heterocycles. The van der Waals surface area contributed by atoms with Gasteiger partial charge in [-0.25, -0.2) is 0 Å². The van der Waals surface area contributed by atoms with E-state index >= 15 is 0 Å². The van der Waals surface area contributed by atoms with Crippen molar-refractivity contribution in [2.75, 3.05) is 0 Å². The first-order valence-electron chi connectivity index (χ1n) is 6.00. The second kappa shape index (κ2) is 3.33. The Balaban J connectivity index is 2.25. The molecule has 1 aliphatic rings. The molecule has 0 saturated carbocycles. The smallest absolute Gasteiger partial charge is 0.102 e. The van der Waals surface area contributed by atoms with Crippen molar-refractivity contribution in [3.63, 3.8) is 0 Å². The van der Waals surface area contributed by atoms with Crippen LogP contribution in [0.2, 0.25) is 0 Å². The Labute approximate surface area is 96.5 Å². The van der Waals surface area contributed by atoms with Gasteiger partial charge in [-0.05, 0) is 30.2 Å². The van der Waals surface area contributed by atoms with Crippen LogP contribution in [0.25, 0.3) is 10.8 Å². The maximum Gasteiger partial charge on any atom is 0.102 e. The largest absolute Gasteiger partial charge is 0.338 e. The van der Waals surface area contributed by atoms with Crippen molar-refractivity contribution >= 4 is 10.8 Å². The molecule has 82 valence electrons. The Morgan fingerprint density at radius 1 is 1.06 bits per heavy atom. The van der Waals surface area contributed by atoms with E-state index in [0.29, 0.717) is 5.54 Å². The van der Waals surface area contributed by atoms with Crippen molar-refractivity contribution in [2.45, 2.75) is 32.4 Å². The van der Waals surface area contributed by atoms with Crippen LogP contribution in [0.3, 0.4) is 0 Å². The Morgan fingerprint density at radius 2 is 1.88 bits per heavy atom. The normalized spacial score (nSPS) is 18.4. The van der Waals surface area contributed by atoms with Crippen LogP contribution in [0, 0.1) is 0 Å². The molecule has 0 atom stereocenters. The topological polar surface area (TPSA) is 16.6 Å². The second-order valence-corrected chi connectivity index (χ2v) is 5.50. The van der Waals surface area contributed by atoms with E-state index in [4.69, 9.17) is 0 Å². The number of quaternary nitrogens is 1. The molecule has 2 aromatic carbocycles. The lowest BCUT2D eigenvalue weighted by molar-refractivity contribution is -0.738. The van der Waals surface area contributed by atoms with E-state index in [2.05, 4.69) is 55.6 Å². The summed E-state index contributed by atoms with van der Waals surface area (Å²) in [5.41, 5.74) is 3.42. The SMILES string of the molecule is CC1(C)Cc2c(ccc3ccccc23)C[NH2+]1. The third kappa shape index (κ3) is 1.52. The molecule has 0 spiro atoms. The fourth-order valence-electron chi connectivity index (χ4n) is 2.70. The lowest BCUT2D eigenvalue weighted by atomic mass is 9.85. The molecule has 0 aromatic heterocycles. The summed E-state index contributed by atoms with van der Waals surface area (Å²) in [6.07, 6.45) is 1.17. The minimum Gasteiger partial charge on any atom is -0.338 e. The van der Waals surface area contributed by atoms with E-state index in [9.17, 15) is 0 Å². The highest BCUT2D eigenvalue weighted by atomic mass is 15.0. The zero-order chi connectivity index (χ0) is 11.2. The van der Waals surface area contributed by atoms with Crippen LogP contribution in [0.15, 0.2) is 36.4 Å². The maximum atomic E-state index is 2.45. The molecule has 3 rings (SSSR count). The van der Waals surface area contributed by atoms with Gasteiger partial charge in [0.05, 0.1) is 5.54 Å². The van der Waals surface area contributed by atoms with Gasteiger partial charge in [-0.2, -0.15) is 0 Å². The van der Waals surface area contributed by atoms with Gasteiger partial charge >= 0.3 is 0 Å². The van der Waals surface area contributed by atoms with Gasteiger partial charge in [-0.3, -0.25) is 0 Å². The monoisotopic (exact) mass is 212 g/mol. The average molecular weight is 212 g/mol. The molecule has 0 aliphatic carbocycles. The van der Waals surface area contributed by atoms with Gasteiger partial charge < -0.3 is 5.32 Å². The number of benzene rings is 2. The quantitative estimate of drug-likeness (QED) is 0.689. The van der Waals surface area contributed by atoms with E-state index in [1.165, 1.54) is 22.8 Å². The van der Waals surface area contributed by atoms with E-state index in [1.807, 2.05) is 0 Å². The Bertz CT molecular complexity index is 540. The van der Waals surface area contributed by atoms with Gasteiger partial charge in [0.25, 0.3) is 0 Å². The molecule has 1 nitrogen and oxygen atoms in total. The summed E-state index contributed by atoms with van der Waals surface area (Å²) in [6.45, 7) is 5.78. The van der Waals surface area contributed by atoms with Gasteiger partial charge in [0.15, 0.2) is 0 Å². The molecule has 1 heteroatoms. The minimum absolute atomic E-state index is 0.344. The maximum absolute atomic E-state index is 2.45. The summed E-state index contributed by atoms with van der Waals surface area (Å²) in [5.74, 6) is 0. The van der Waals surface area contributed by atoms with E-state index in [-0.39, 0.29) is 0 Å². The molecule has 0 fully saturated rings. The fraction of sp³-hybridized carbons (Fsp3) is 0.333. The standard InChI is InChI=1S/C15H17N/c1-15(2)9-14-12(10-16-15)8-7-11-5-3-4-6-13(11)14/h3-8,16H,9-10H2,1-2H3/p+1.